The van der Waals surface area contributed by atoms with Gasteiger partial charge in [-0.05, 0) is 36.3 Å². The van der Waals surface area contributed by atoms with Gasteiger partial charge in [0.2, 0.25) is 5.91 Å². The molecule has 0 saturated carbocycles. The van der Waals surface area contributed by atoms with E-state index in [1.165, 1.54) is 0 Å². The van der Waals surface area contributed by atoms with Crippen LogP contribution in [0.25, 0.3) is 0 Å². The number of carbonyl (C=O) groups excluding carboxylic acids is 3. The van der Waals surface area contributed by atoms with Gasteiger partial charge in [0.25, 0.3) is 5.91 Å². The Bertz CT molecular complexity index is 884. The average molecular weight is 398 g/mol. The summed E-state index contributed by atoms with van der Waals surface area (Å²) in [5.74, 6) is -0.536. The maximum Gasteiger partial charge on any atom is 0.325 e. The SMILES string of the molecule is CC[C@@]1(c2ccccc2)NC(=O)N(CC(=O)N2CCC[C@@H]2c2cccs2)C1=O. The molecule has 4 amide bonds. The quantitative estimate of drug-likeness (QED) is 0.788. The largest absolute Gasteiger partial charge is 0.333 e. The van der Waals surface area contributed by atoms with Crippen molar-refractivity contribution in [3.8, 4) is 0 Å². The van der Waals surface area contributed by atoms with Gasteiger partial charge in [-0.15, -0.1) is 11.3 Å². The first kappa shape index (κ1) is 18.7. The predicted octanol–water partition coefficient (Wildman–Crippen LogP) is 3.27. The van der Waals surface area contributed by atoms with Crippen LogP contribution >= 0.6 is 11.3 Å². The van der Waals surface area contributed by atoms with Crippen molar-refractivity contribution in [3.05, 3.63) is 58.3 Å². The van der Waals surface area contributed by atoms with Crippen molar-refractivity contribution in [2.45, 2.75) is 37.8 Å². The van der Waals surface area contributed by atoms with Gasteiger partial charge < -0.3 is 10.2 Å². The number of likely N-dealkylation sites (tertiary alicyclic amines) is 1. The molecule has 2 aliphatic heterocycles. The number of urea groups is 1. The number of rotatable bonds is 5. The number of hydrogen-bond donors (Lipinski definition) is 1. The molecule has 7 heteroatoms. The van der Waals surface area contributed by atoms with E-state index in [0.29, 0.717) is 13.0 Å². The fraction of sp³-hybridized carbons (Fsp3) is 0.381. The van der Waals surface area contributed by atoms with Crippen LogP contribution in [0.5, 0.6) is 0 Å². The summed E-state index contributed by atoms with van der Waals surface area (Å²) in [5, 5.41) is 4.84. The summed E-state index contributed by atoms with van der Waals surface area (Å²) in [7, 11) is 0. The van der Waals surface area contributed by atoms with Gasteiger partial charge in [-0.1, -0.05) is 43.3 Å². The molecule has 1 aromatic heterocycles. The van der Waals surface area contributed by atoms with Gasteiger partial charge in [0.1, 0.15) is 12.1 Å². The highest BCUT2D eigenvalue weighted by atomic mass is 32.1. The molecule has 146 valence electrons. The lowest BCUT2D eigenvalue weighted by molar-refractivity contribution is -0.139. The van der Waals surface area contributed by atoms with Crippen molar-refractivity contribution in [2.75, 3.05) is 13.1 Å². The molecule has 2 aliphatic rings. The molecule has 0 unspecified atom stereocenters. The van der Waals surface area contributed by atoms with Crippen LogP contribution in [0, 0.1) is 0 Å². The topological polar surface area (TPSA) is 69.7 Å². The first-order chi connectivity index (χ1) is 13.6. The summed E-state index contributed by atoms with van der Waals surface area (Å²) < 4.78 is 0. The van der Waals surface area contributed by atoms with E-state index in [2.05, 4.69) is 5.32 Å². The van der Waals surface area contributed by atoms with Gasteiger partial charge >= 0.3 is 6.03 Å². The van der Waals surface area contributed by atoms with Crippen molar-refractivity contribution >= 4 is 29.2 Å². The van der Waals surface area contributed by atoms with Gasteiger partial charge in [-0.2, -0.15) is 0 Å². The number of benzene rings is 1. The fourth-order valence-corrected chi connectivity index (χ4v) is 5.07. The molecule has 0 aliphatic carbocycles. The minimum atomic E-state index is -1.10. The standard InChI is InChI=1S/C21H23N3O3S/c1-2-21(15-8-4-3-5-9-15)19(26)24(20(27)22-21)14-18(25)23-12-6-10-16(23)17-11-7-13-28-17/h3-5,7-9,11,13,16H,2,6,10,12,14H2,1H3,(H,22,27)/t16-,21+/m1/s1. The number of thiophene rings is 1. The van der Waals surface area contributed by atoms with Gasteiger partial charge in [0.15, 0.2) is 0 Å². The van der Waals surface area contributed by atoms with Gasteiger partial charge in [-0.25, -0.2) is 4.79 Å². The highest BCUT2D eigenvalue weighted by molar-refractivity contribution is 7.10. The lowest BCUT2D eigenvalue weighted by Crippen LogP contribution is -2.45. The van der Waals surface area contributed by atoms with Crippen molar-refractivity contribution in [1.82, 2.24) is 15.1 Å². The molecule has 0 bridgehead atoms. The highest BCUT2D eigenvalue weighted by Crippen LogP contribution is 2.36. The Balaban J connectivity index is 1.54. The Morgan fingerprint density at radius 3 is 2.68 bits per heavy atom. The molecule has 2 fully saturated rings. The second kappa shape index (κ2) is 7.39. The maximum absolute atomic E-state index is 13.2. The van der Waals surface area contributed by atoms with Crippen LogP contribution in [0.3, 0.4) is 0 Å². The number of hydrogen-bond acceptors (Lipinski definition) is 4. The molecule has 0 radical (unpaired) electrons. The minimum absolute atomic E-state index is 0.0401. The Labute approximate surface area is 168 Å². The highest BCUT2D eigenvalue weighted by Gasteiger charge is 2.52. The molecule has 2 saturated heterocycles. The average Bonchev–Trinajstić information content (AvgIpc) is 3.44. The third-order valence-corrected chi connectivity index (χ3v) is 6.68. The van der Waals surface area contributed by atoms with Crippen molar-refractivity contribution < 1.29 is 14.4 Å². The third kappa shape index (κ3) is 2.99. The third-order valence-electron chi connectivity index (χ3n) is 5.71. The van der Waals surface area contributed by atoms with E-state index in [1.807, 2.05) is 54.8 Å². The monoisotopic (exact) mass is 397 g/mol. The molecular formula is C21H23N3O3S. The van der Waals surface area contributed by atoms with Gasteiger partial charge in [0, 0.05) is 11.4 Å². The summed E-state index contributed by atoms with van der Waals surface area (Å²) >= 11 is 1.63. The van der Waals surface area contributed by atoms with Gasteiger partial charge in [0.05, 0.1) is 6.04 Å². The van der Waals surface area contributed by atoms with Gasteiger partial charge in [-0.3, -0.25) is 14.5 Å². The van der Waals surface area contributed by atoms with Crippen LogP contribution in [0.2, 0.25) is 0 Å². The summed E-state index contributed by atoms with van der Waals surface area (Å²) in [5.41, 5.74) is -0.361. The van der Waals surface area contributed by atoms with Crippen LogP contribution in [0.4, 0.5) is 4.79 Å². The van der Waals surface area contributed by atoms with E-state index in [0.717, 1.165) is 28.2 Å². The zero-order chi connectivity index (χ0) is 19.7. The van der Waals surface area contributed by atoms with Crippen molar-refractivity contribution in [2.24, 2.45) is 0 Å². The van der Waals surface area contributed by atoms with E-state index in [4.69, 9.17) is 0 Å². The van der Waals surface area contributed by atoms with Crippen LogP contribution < -0.4 is 5.32 Å². The van der Waals surface area contributed by atoms with E-state index in [-0.39, 0.29) is 24.4 Å². The maximum atomic E-state index is 13.2. The normalized spacial score (nSPS) is 24.7. The molecule has 6 nitrogen and oxygen atoms in total. The molecule has 0 spiro atoms. The minimum Gasteiger partial charge on any atom is -0.333 e. The lowest BCUT2D eigenvalue weighted by atomic mass is 9.87. The summed E-state index contributed by atoms with van der Waals surface area (Å²) in [6, 6.07) is 12.8. The number of nitrogens with zero attached hydrogens (tertiary/aromatic N) is 2. The Kier molecular flexibility index (Phi) is 4.93. The first-order valence-corrected chi connectivity index (χ1v) is 10.5. The smallest absolute Gasteiger partial charge is 0.325 e. The van der Waals surface area contributed by atoms with Crippen LogP contribution in [0.1, 0.15) is 42.7 Å². The van der Waals surface area contributed by atoms with E-state index in [1.54, 1.807) is 16.2 Å². The Morgan fingerprint density at radius 1 is 1.21 bits per heavy atom. The molecule has 1 aromatic carbocycles. The van der Waals surface area contributed by atoms with E-state index in [9.17, 15) is 14.4 Å². The summed E-state index contributed by atoms with van der Waals surface area (Å²) in [6.45, 7) is 2.30. The number of imide groups is 1. The molecule has 2 aromatic rings. The zero-order valence-corrected chi connectivity index (χ0v) is 16.6. The van der Waals surface area contributed by atoms with Crippen molar-refractivity contribution in [1.29, 1.82) is 0 Å². The molecule has 2 atom stereocenters. The second-order valence-electron chi connectivity index (χ2n) is 7.21. The molecular weight excluding hydrogens is 374 g/mol. The molecule has 28 heavy (non-hydrogen) atoms. The fourth-order valence-electron chi connectivity index (χ4n) is 4.20. The molecule has 3 heterocycles. The van der Waals surface area contributed by atoms with E-state index >= 15 is 0 Å². The first-order valence-electron chi connectivity index (χ1n) is 9.59. The number of amides is 4. The number of nitrogens with one attached hydrogen (secondary N) is 1. The lowest BCUT2D eigenvalue weighted by Gasteiger charge is -2.27. The summed E-state index contributed by atoms with van der Waals surface area (Å²) in [4.78, 5) is 42.8. The van der Waals surface area contributed by atoms with Crippen LogP contribution in [-0.2, 0) is 15.1 Å². The van der Waals surface area contributed by atoms with E-state index < -0.39 is 11.6 Å². The number of carbonyl (C=O) groups is 3. The zero-order valence-electron chi connectivity index (χ0n) is 15.8. The Hall–Kier alpha value is -2.67. The van der Waals surface area contributed by atoms with Crippen molar-refractivity contribution in [3.63, 3.8) is 0 Å². The molecule has 1 N–H and O–H groups in total. The second-order valence-corrected chi connectivity index (χ2v) is 8.19. The molecule has 4 rings (SSSR count). The summed E-state index contributed by atoms with van der Waals surface area (Å²) in [6.07, 6.45) is 2.26. The van der Waals surface area contributed by atoms with Crippen LogP contribution in [0.15, 0.2) is 47.8 Å². The predicted molar refractivity (Wildman–Crippen MR) is 107 cm³/mol. The van der Waals surface area contributed by atoms with Crippen LogP contribution in [-0.4, -0.2) is 40.7 Å². The Morgan fingerprint density at radius 2 is 2.00 bits per heavy atom.